The molecule has 0 aliphatic heterocycles. The summed E-state index contributed by atoms with van der Waals surface area (Å²) >= 11 is 3.20. The summed E-state index contributed by atoms with van der Waals surface area (Å²) in [6.07, 6.45) is 0. The van der Waals surface area contributed by atoms with E-state index in [-0.39, 0.29) is 12.6 Å². The van der Waals surface area contributed by atoms with Gasteiger partial charge in [-0.25, -0.2) is 0 Å². The van der Waals surface area contributed by atoms with Gasteiger partial charge in [0.1, 0.15) is 17.2 Å². The zero-order valence-electron chi connectivity index (χ0n) is 9.62. The van der Waals surface area contributed by atoms with Gasteiger partial charge in [-0.05, 0) is 31.0 Å². The van der Waals surface area contributed by atoms with Crippen molar-refractivity contribution in [2.75, 3.05) is 13.7 Å². The van der Waals surface area contributed by atoms with E-state index in [0.29, 0.717) is 0 Å². The maximum Gasteiger partial charge on any atom is 0.322 e. The number of hydrogen-bond acceptors (Lipinski definition) is 3. The van der Waals surface area contributed by atoms with Gasteiger partial charge in [-0.15, -0.1) is 0 Å². The first-order valence-electron chi connectivity index (χ1n) is 4.97. The van der Waals surface area contributed by atoms with Crippen molar-refractivity contribution in [1.29, 1.82) is 0 Å². The minimum absolute atomic E-state index is 0.261. The number of hydrogen-bond donors (Lipinski definition) is 0. The Hall–Kier alpha value is -1.03. The van der Waals surface area contributed by atoms with E-state index in [4.69, 9.17) is 4.74 Å². The third-order valence-electron chi connectivity index (χ3n) is 2.40. The Morgan fingerprint density at radius 3 is 2.75 bits per heavy atom. The molecule has 4 heteroatoms. The van der Waals surface area contributed by atoms with Crippen LogP contribution in [0, 0.1) is 13.8 Å². The quantitative estimate of drug-likeness (QED) is 0.631. The number of esters is 1. The predicted molar refractivity (Wildman–Crippen MR) is 66.1 cm³/mol. The van der Waals surface area contributed by atoms with Gasteiger partial charge in [0.25, 0.3) is 0 Å². The molecule has 0 amide bonds. The van der Waals surface area contributed by atoms with Crippen LogP contribution in [0.5, 0.6) is 5.75 Å². The summed E-state index contributed by atoms with van der Waals surface area (Å²) in [5, 5.41) is 0. The van der Waals surface area contributed by atoms with Gasteiger partial charge >= 0.3 is 5.97 Å². The molecule has 0 spiro atoms. The van der Waals surface area contributed by atoms with Gasteiger partial charge < -0.3 is 9.47 Å². The standard InChI is InChI=1S/C12H15BrO3/c1-8-5-4-6-11(9(8)2)16-7-10(13)12(14)15-3/h4-6,10H,7H2,1-3H3. The van der Waals surface area contributed by atoms with Crippen molar-refractivity contribution in [3.8, 4) is 5.75 Å². The van der Waals surface area contributed by atoms with Crippen LogP contribution in [0.15, 0.2) is 18.2 Å². The molecule has 1 unspecified atom stereocenters. The molecule has 0 aliphatic carbocycles. The molecule has 0 aliphatic rings. The minimum Gasteiger partial charge on any atom is -0.492 e. The van der Waals surface area contributed by atoms with E-state index in [2.05, 4.69) is 20.7 Å². The Bertz CT molecular complexity index is 377. The van der Waals surface area contributed by atoms with E-state index in [1.54, 1.807) is 0 Å². The van der Waals surface area contributed by atoms with Crippen LogP contribution in [0.1, 0.15) is 11.1 Å². The molecule has 0 N–H and O–H groups in total. The highest BCUT2D eigenvalue weighted by molar-refractivity contribution is 9.10. The van der Waals surface area contributed by atoms with E-state index in [0.717, 1.165) is 11.3 Å². The Morgan fingerprint density at radius 1 is 1.44 bits per heavy atom. The van der Waals surface area contributed by atoms with Crippen LogP contribution in [-0.2, 0) is 9.53 Å². The Morgan fingerprint density at radius 2 is 2.12 bits per heavy atom. The van der Waals surface area contributed by atoms with Crippen molar-refractivity contribution in [3.63, 3.8) is 0 Å². The molecule has 16 heavy (non-hydrogen) atoms. The highest BCUT2D eigenvalue weighted by Gasteiger charge is 2.16. The molecule has 1 aromatic rings. The number of carbonyl (C=O) groups is 1. The van der Waals surface area contributed by atoms with E-state index in [1.165, 1.54) is 12.7 Å². The minimum atomic E-state index is -0.433. The third-order valence-corrected chi connectivity index (χ3v) is 3.04. The normalized spacial score (nSPS) is 12.0. The van der Waals surface area contributed by atoms with Gasteiger partial charge in [-0.3, -0.25) is 4.79 Å². The molecular weight excluding hydrogens is 272 g/mol. The van der Waals surface area contributed by atoms with Gasteiger partial charge in [0.15, 0.2) is 0 Å². The summed E-state index contributed by atoms with van der Waals surface area (Å²) in [5.41, 5.74) is 2.26. The van der Waals surface area contributed by atoms with Crippen LogP contribution in [0.2, 0.25) is 0 Å². The third kappa shape index (κ3) is 3.23. The summed E-state index contributed by atoms with van der Waals surface area (Å²) in [5.74, 6) is 0.471. The topological polar surface area (TPSA) is 35.5 Å². The average molecular weight is 287 g/mol. The van der Waals surface area contributed by atoms with Crippen molar-refractivity contribution in [2.45, 2.75) is 18.7 Å². The maximum absolute atomic E-state index is 11.1. The Labute approximate surface area is 104 Å². The first kappa shape index (κ1) is 13.0. The predicted octanol–water partition coefficient (Wildman–Crippen LogP) is 2.62. The molecule has 1 aromatic carbocycles. The lowest BCUT2D eigenvalue weighted by molar-refractivity contribution is -0.140. The van der Waals surface area contributed by atoms with E-state index in [9.17, 15) is 4.79 Å². The fourth-order valence-corrected chi connectivity index (χ4v) is 1.56. The molecule has 0 saturated carbocycles. The van der Waals surface area contributed by atoms with Gasteiger partial charge in [-0.2, -0.15) is 0 Å². The highest BCUT2D eigenvalue weighted by Crippen LogP contribution is 2.21. The van der Waals surface area contributed by atoms with Gasteiger partial charge in [0.2, 0.25) is 0 Å². The lowest BCUT2D eigenvalue weighted by atomic mass is 10.1. The van der Waals surface area contributed by atoms with Crippen molar-refractivity contribution in [1.82, 2.24) is 0 Å². The van der Waals surface area contributed by atoms with Crippen LogP contribution in [0.25, 0.3) is 0 Å². The van der Waals surface area contributed by atoms with E-state index < -0.39 is 4.83 Å². The number of ether oxygens (including phenoxy) is 2. The lowest BCUT2D eigenvalue weighted by Gasteiger charge is -2.12. The number of methoxy groups -OCH3 is 1. The van der Waals surface area contributed by atoms with Crippen molar-refractivity contribution < 1.29 is 14.3 Å². The first-order valence-corrected chi connectivity index (χ1v) is 5.88. The Balaban J connectivity index is 2.61. The zero-order chi connectivity index (χ0) is 12.1. The van der Waals surface area contributed by atoms with Gasteiger partial charge in [0, 0.05) is 0 Å². The lowest BCUT2D eigenvalue weighted by Crippen LogP contribution is -2.23. The van der Waals surface area contributed by atoms with Crippen molar-refractivity contribution in [3.05, 3.63) is 29.3 Å². The highest BCUT2D eigenvalue weighted by atomic mass is 79.9. The fourth-order valence-electron chi connectivity index (χ4n) is 1.24. The summed E-state index contributed by atoms with van der Waals surface area (Å²) in [6, 6.07) is 5.84. The molecule has 1 atom stereocenters. The smallest absolute Gasteiger partial charge is 0.322 e. The molecule has 0 saturated heterocycles. The molecule has 0 radical (unpaired) electrons. The SMILES string of the molecule is COC(=O)C(Br)COc1cccc(C)c1C. The Kier molecular flexibility index (Phi) is 4.80. The molecule has 0 fully saturated rings. The number of benzene rings is 1. The van der Waals surface area contributed by atoms with Gasteiger partial charge in [0.05, 0.1) is 7.11 Å². The van der Waals surface area contributed by atoms with Crippen LogP contribution in [0.3, 0.4) is 0 Å². The monoisotopic (exact) mass is 286 g/mol. The van der Waals surface area contributed by atoms with E-state index in [1.807, 2.05) is 32.0 Å². The second kappa shape index (κ2) is 5.89. The molecule has 0 aromatic heterocycles. The average Bonchev–Trinajstić information content (AvgIpc) is 2.29. The van der Waals surface area contributed by atoms with Crippen LogP contribution >= 0.6 is 15.9 Å². The number of alkyl halides is 1. The largest absolute Gasteiger partial charge is 0.492 e. The van der Waals surface area contributed by atoms with Crippen LogP contribution in [0.4, 0.5) is 0 Å². The van der Waals surface area contributed by atoms with Gasteiger partial charge in [-0.1, -0.05) is 28.1 Å². The zero-order valence-corrected chi connectivity index (χ0v) is 11.2. The summed E-state index contributed by atoms with van der Waals surface area (Å²) in [4.78, 5) is 10.7. The van der Waals surface area contributed by atoms with Crippen LogP contribution < -0.4 is 4.74 Å². The second-order valence-corrected chi connectivity index (χ2v) is 4.61. The molecule has 0 bridgehead atoms. The first-order chi connectivity index (χ1) is 7.56. The van der Waals surface area contributed by atoms with Crippen molar-refractivity contribution >= 4 is 21.9 Å². The summed E-state index contributed by atoms with van der Waals surface area (Å²) < 4.78 is 10.1. The summed E-state index contributed by atoms with van der Waals surface area (Å²) in [7, 11) is 1.36. The second-order valence-electron chi connectivity index (χ2n) is 3.50. The number of aryl methyl sites for hydroxylation is 1. The fraction of sp³-hybridized carbons (Fsp3) is 0.417. The molecule has 0 heterocycles. The number of rotatable bonds is 4. The van der Waals surface area contributed by atoms with Crippen LogP contribution in [-0.4, -0.2) is 24.5 Å². The molecule has 1 rings (SSSR count). The van der Waals surface area contributed by atoms with Crippen molar-refractivity contribution in [2.24, 2.45) is 0 Å². The molecule has 3 nitrogen and oxygen atoms in total. The number of halogens is 1. The van der Waals surface area contributed by atoms with E-state index >= 15 is 0 Å². The molecular formula is C12H15BrO3. The maximum atomic E-state index is 11.1. The summed E-state index contributed by atoms with van der Waals surface area (Å²) in [6.45, 7) is 4.27. The number of carbonyl (C=O) groups excluding carboxylic acids is 1. The molecule has 88 valence electrons.